The SMILES string of the molecule is CN(C)CCNC(=O)C1(C)CN(Cc2ccccc2)Cc2ccc(N3CCOCC3)nc21. The molecule has 1 saturated heterocycles. The molecule has 0 aliphatic carbocycles. The van der Waals surface area contributed by atoms with Gasteiger partial charge in [-0.2, -0.15) is 0 Å². The van der Waals surface area contributed by atoms with Gasteiger partial charge in [0.05, 0.1) is 18.9 Å². The van der Waals surface area contributed by atoms with Gasteiger partial charge >= 0.3 is 0 Å². The highest BCUT2D eigenvalue weighted by molar-refractivity contribution is 5.88. The highest BCUT2D eigenvalue weighted by Gasteiger charge is 2.43. The smallest absolute Gasteiger partial charge is 0.233 e. The van der Waals surface area contributed by atoms with Gasteiger partial charge in [0.2, 0.25) is 5.91 Å². The van der Waals surface area contributed by atoms with Gasteiger partial charge in [-0.25, -0.2) is 4.98 Å². The standard InChI is InChI=1S/C25H35N5O2/c1-25(24(31)26-11-12-28(2)3)19-29(17-20-7-5-4-6-8-20)18-21-9-10-22(27-23(21)25)30-13-15-32-16-14-30/h4-10H,11-19H2,1-3H3,(H,26,31). The molecule has 1 amide bonds. The van der Waals surface area contributed by atoms with Crippen LogP contribution < -0.4 is 10.2 Å². The van der Waals surface area contributed by atoms with Crippen LogP contribution in [0.1, 0.15) is 23.7 Å². The molecule has 0 saturated carbocycles. The number of aromatic nitrogens is 1. The van der Waals surface area contributed by atoms with E-state index in [9.17, 15) is 4.79 Å². The van der Waals surface area contributed by atoms with Crippen molar-refractivity contribution < 1.29 is 9.53 Å². The Balaban J connectivity index is 1.62. The van der Waals surface area contributed by atoms with E-state index in [4.69, 9.17) is 9.72 Å². The van der Waals surface area contributed by atoms with Crippen molar-refractivity contribution in [1.82, 2.24) is 20.1 Å². The number of ether oxygens (including phenoxy) is 1. The summed E-state index contributed by atoms with van der Waals surface area (Å²) in [5.74, 6) is 0.987. The van der Waals surface area contributed by atoms with E-state index in [1.807, 2.05) is 27.1 Å². The van der Waals surface area contributed by atoms with E-state index < -0.39 is 5.41 Å². The summed E-state index contributed by atoms with van der Waals surface area (Å²) in [6, 6.07) is 14.7. The second-order valence-electron chi connectivity index (χ2n) is 9.30. The molecular formula is C25H35N5O2. The fraction of sp³-hybridized carbons (Fsp3) is 0.520. The minimum atomic E-state index is -0.711. The minimum Gasteiger partial charge on any atom is -0.378 e. The molecule has 2 aliphatic rings. The lowest BCUT2D eigenvalue weighted by molar-refractivity contribution is -0.127. The first kappa shape index (κ1) is 22.7. The molecule has 7 nitrogen and oxygen atoms in total. The summed E-state index contributed by atoms with van der Waals surface area (Å²) in [7, 11) is 4.03. The molecule has 172 valence electrons. The Hall–Kier alpha value is -2.48. The van der Waals surface area contributed by atoms with Gasteiger partial charge < -0.3 is 19.9 Å². The van der Waals surface area contributed by atoms with Crippen molar-refractivity contribution in [2.24, 2.45) is 0 Å². The monoisotopic (exact) mass is 437 g/mol. The molecule has 1 atom stereocenters. The van der Waals surface area contributed by atoms with E-state index >= 15 is 0 Å². The van der Waals surface area contributed by atoms with Crippen LogP contribution in [0.3, 0.4) is 0 Å². The van der Waals surface area contributed by atoms with Crippen LogP contribution in [0, 0.1) is 0 Å². The largest absolute Gasteiger partial charge is 0.378 e. The zero-order valence-corrected chi connectivity index (χ0v) is 19.5. The average Bonchev–Trinajstić information content (AvgIpc) is 2.80. The van der Waals surface area contributed by atoms with Gasteiger partial charge in [0.25, 0.3) is 0 Å². The normalized spacial score (nSPS) is 21.4. The Morgan fingerprint density at radius 2 is 1.91 bits per heavy atom. The molecule has 2 aromatic rings. The first-order chi connectivity index (χ1) is 15.5. The summed E-state index contributed by atoms with van der Waals surface area (Å²) in [6.07, 6.45) is 0. The predicted molar refractivity (Wildman–Crippen MR) is 127 cm³/mol. The van der Waals surface area contributed by atoms with Crippen molar-refractivity contribution in [3.05, 3.63) is 59.3 Å². The first-order valence-corrected chi connectivity index (χ1v) is 11.5. The van der Waals surface area contributed by atoms with Crippen LogP contribution in [0.15, 0.2) is 42.5 Å². The summed E-state index contributed by atoms with van der Waals surface area (Å²) in [5, 5.41) is 3.17. The second-order valence-corrected chi connectivity index (χ2v) is 9.30. The van der Waals surface area contributed by atoms with Crippen LogP contribution in [-0.2, 0) is 28.0 Å². The zero-order valence-electron chi connectivity index (χ0n) is 19.5. The third-order valence-electron chi connectivity index (χ3n) is 6.35. The average molecular weight is 438 g/mol. The Kier molecular flexibility index (Phi) is 7.08. The highest BCUT2D eigenvalue weighted by atomic mass is 16.5. The summed E-state index contributed by atoms with van der Waals surface area (Å²) in [6.45, 7) is 8.81. The number of morpholine rings is 1. The summed E-state index contributed by atoms with van der Waals surface area (Å²) in [5.41, 5.74) is 2.59. The summed E-state index contributed by atoms with van der Waals surface area (Å²) < 4.78 is 5.50. The van der Waals surface area contributed by atoms with Gasteiger partial charge in [-0.05, 0) is 38.2 Å². The molecule has 32 heavy (non-hydrogen) atoms. The molecule has 2 aliphatic heterocycles. The van der Waals surface area contributed by atoms with Gasteiger partial charge in [0, 0.05) is 45.8 Å². The Morgan fingerprint density at radius 3 is 2.62 bits per heavy atom. The fourth-order valence-corrected chi connectivity index (χ4v) is 4.59. The van der Waals surface area contributed by atoms with Crippen LogP contribution in [-0.4, -0.2) is 80.7 Å². The maximum absolute atomic E-state index is 13.5. The molecule has 1 aromatic carbocycles. The van der Waals surface area contributed by atoms with Crippen LogP contribution in [0.4, 0.5) is 5.82 Å². The van der Waals surface area contributed by atoms with Crippen LogP contribution >= 0.6 is 0 Å². The van der Waals surface area contributed by atoms with Gasteiger partial charge in [-0.3, -0.25) is 9.69 Å². The van der Waals surface area contributed by atoms with E-state index in [0.717, 1.165) is 49.8 Å². The molecule has 0 bridgehead atoms. The molecule has 1 unspecified atom stereocenters. The highest BCUT2D eigenvalue weighted by Crippen LogP contribution is 2.35. The number of anilines is 1. The number of benzene rings is 1. The van der Waals surface area contributed by atoms with E-state index in [1.165, 1.54) is 5.56 Å². The zero-order chi connectivity index (χ0) is 22.6. The van der Waals surface area contributed by atoms with Crippen LogP contribution in [0.2, 0.25) is 0 Å². The van der Waals surface area contributed by atoms with Crippen molar-refractivity contribution in [1.29, 1.82) is 0 Å². The second kappa shape index (κ2) is 9.98. The Bertz CT molecular complexity index is 914. The lowest BCUT2D eigenvalue weighted by Crippen LogP contribution is -2.54. The number of nitrogens with zero attached hydrogens (tertiary/aromatic N) is 4. The minimum absolute atomic E-state index is 0.0463. The van der Waals surface area contributed by atoms with Crippen molar-refractivity contribution >= 4 is 11.7 Å². The van der Waals surface area contributed by atoms with Gasteiger partial charge in [0.15, 0.2) is 0 Å². The van der Waals surface area contributed by atoms with E-state index in [-0.39, 0.29) is 5.91 Å². The van der Waals surface area contributed by atoms with Crippen molar-refractivity contribution in [2.45, 2.75) is 25.4 Å². The van der Waals surface area contributed by atoms with Gasteiger partial charge in [-0.1, -0.05) is 36.4 Å². The number of carbonyl (C=O) groups is 1. The first-order valence-electron chi connectivity index (χ1n) is 11.5. The Morgan fingerprint density at radius 1 is 1.16 bits per heavy atom. The Labute approximate surface area is 191 Å². The van der Waals surface area contributed by atoms with Crippen LogP contribution in [0.5, 0.6) is 0 Å². The molecule has 1 N–H and O–H groups in total. The summed E-state index contributed by atoms with van der Waals surface area (Å²) >= 11 is 0. The van der Waals surface area contributed by atoms with E-state index in [0.29, 0.717) is 26.3 Å². The molecule has 0 radical (unpaired) electrons. The number of carbonyl (C=O) groups excluding carboxylic acids is 1. The van der Waals surface area contributed by atoms with Gasteiger partial charge in [0.1, 0.15) is 11.2 Å². The summed E-state index contributed by atoms with van der Waals surface area (Å²) in [4.78, 5) is 25.3. The third kappa shape index (κ3) is 5.11. The van der Waals surface area contributed by atoms with Crippen molar-refractivity contribution in [3.8, 4) is 0 Å². The van der Waals surface area contributed by atoms with Crippen molar-refractivity contribution in [2.75, 3.05) is 64.9 Å². The molecule has 1 fully saturated rings. The van der Waals surface area contributed by atoms with Gasteiger partial charge in [-0.15, -0.1) is 0 Å². The van der Waals surface area contributed by atoms with Crippen molar-refractivity contribution in [3.63, 3.8) is 0 Å². The van der Waals surface area contributed by atoms with E-state index in [1.54, 1.807) is 0 Å². The number of rotatable bonds is 7. The lowest BCUT2D eigenvalue weighted by atomic mass is 9.79. The number of likely N-dealkylation sites (N-methyl/N-ethyl adjacent to an activating group) is 1. The number of fused-ring (bicyclic) bond motifs is 1. The third-order valence-corrected chi connectivity index (χ3v) is 6.35. The fourth-order valence-electron chi connectivity index (χ4n) is 4.59. The maximum atomic E-state index is 13.5. The topological polar surface area (TPSA) is 60.9 Å². The number of amides is 1. The number of pyridine rings is 1. The number of nitrogens with one attached hydrogen (secondary N) is 1. The lowest BCUT2D eigenvalue weighted by Gasteiger charge is -2.41. The molecule has 4 rings (SSSR count). The molecule has 0 spiro atoms. The molecular weight excluding hydrogens is 402 g/mol. The molecule has 3 heterocycles. The predicted octanol–water partition coefficient (Wildman–Crippen LogP) is 1.87. The molecule has 1 aromatic heterocycles. The number of hydrogen-bond acceptors (Lipinski definition) is 6. The quantitative estimate of drug-likeness (QED) is 0.714. The molecule has 7 heteroatoms. The number of hydrogen-bond donors (Lipinski definition) is 1. The van der Waals surface area contributed by atoms with Crippen LogP contribution in [0.25, 0.3) is 0 Å². The van der Waals surface area contributed by atoms with E-state index in [2.05, 4.69) is 56.4 Å². The maximum Gasteiger partial charge on any atom is 0.233 e.